The van der Waals surface area contributed by atoms with Gasteiger partial charge in [-0.25, -0.2) is 0 Å². The zero-order chi connectivity index (χ0) is 11.4. The van der Waals surface area contributed by atoms with Crippen LogP contribution in [0.15, 0.2) is 11.4 Å². The predicted molar refractivity (Wildman–Crippen MR) is 69.5 cm³/mol. The van der Waals surface area contributed by atoms with Crippen LogP contribution in [0.2, 0.25) is 0 Å². The molecule has 0 aromatic carbocycles. The standard InChI is InChI=1S/C13H23NS/c1-6-14-12(11(5)9(2)3)13-10(4)7-8-15-13/h7-9,11-12,14H,6H2,1-5H3. The van der Waals surface area contributed by atoms with E-state index in [1.807, 2.05) is 11.3 Å². The molecule has 0 radical (unpaired) electrons. The first kappa shape index (κ1) is 12.7. The average Bonchev–Trinajstić information content (AvgIpc) is 2.59. The first-order valence-electron chi connectivity index (χ1n) is 5.85. The van der Waals surface area contributed by atoms with Gasteiger partial charge in [0.2, 0.25) is 0 Å². The lowest BCUT2D eigenvalue weighted by molar-refractivity contribution is 0.310. The molecule has 0 bridgehead atoms. The van der Waals surface area contributed by atoms with E-state index in [-0.39, 0.29) is 0 Å². The lowest BCUT2D eigenvalue weighted by Gasteiger charge is -2.27. The second-order valence-corrected chi connectivity index (χ2v) is 5.55. The molecule has 86 valence electrons. The average molecular weight is 225 g/mol. The number of nitrogens with one attached hydrogen (secondary N) is 1. The highest BCUT2D eigenvalue weighted by Crippen LogP contribution is 2.32. The zero-order valence-corrected chi connectivity index (χ0v) is 11.3. The predicted octanol–water partition coefficient (Wildman–Crippen LogP) is 4.00. The summed E-state index contributed by atoms with van der Waals surface area (Å²) in [7, 11) is 0. The molecule has 1 aromatic heterocycles. The Hall–Kier alpha value is -0.340. The van der Waals surface area contributed by atoms with Crippen LogP contribution in [0.1, 0.15) is 44.2 Å². The maximum Gasteiger partial charge on any atom is 0.0445 e. The summed E-state index contributed by atoms with van der Waals surface area (Å²) in [5.41, 5.74) is 1.43. The van der Waals surface area contributed by atoms with Crippen LogP contribution < -0.4 is 5.32 Å². The Morgan fingerprint density at radius 1 is 1.33 bits per heavy atom. The van der Waals surface area contributed by atoms with Crippen LogP contribution in [0.4, 0.5) is 0 Å². The summed E-state index contributed by atoms with van der Waals surface area (Å²) >= 11 is 1.88. The molecule has 1 aromatic rings. The molecule has 1 N–H and O–H groups in total. The third-order valence-electron chi connectivity index (χ3n) is 3.19. The van der Waals surface area contributed by atoms with Crippen molar-refractivity contribution >= 4 is 11.3 Å². The second-order valence-electron chi connectivity index (χ2n) is 4.61. The largest absolute Gasteiger partial charge is 0.309 e. The number of aryl methyl sites for hydroxylation is 1. The van der Waals surface area contributed by atoms with Crippen molar-refractivity contribution in [3.8, 4) is 0 Å². The molecule has 2 atom stereocenters. The number of thiophene rings is 1. The molecule has 0 saturated carbocycles. The fourth-order valence-electron chi connectivity index (χ4n) is 1.83. The smallest absolute Gasteiger partial charge is 0.0445 e. The lowest BCUT2D eigenvalue weighted by Crippen LogP contribution is -2.29. The topological polar surface area (TPSA) is 12.0 Å². The fraction of sp³-hybridized carbons (Fsp3) is 0.692. The SMILES string of the molecule is CCNC(c1sccc1C)C(C)C(C)C. The highest BCUT2D eigenvalue weighted by Gasteiger charge is 2.23. The molecule has 0 aliphatic rings. The van der Waals surface area contributed by atoms with Gasteiger partial charge in [0.25, 0.3) is 0 Å². The molecule has 2 unspecified atom stereocenters. The molecule has 15 heavy (non-hydrogen) atoms. The molecular weight excluding hydrogens is 202 g/mol. The molecule has 1 nitrogen and oxygen atoms in total. The number of rotatable bonds is 5. The van der Waals surface area contributed by atoms with Gasteiger partial charge in [-0.3, -0.25) is 0 Å². The summed E-state index contributed by atoms with van der Waals surface area (Å²) in [6.45, 7) is 12.4. The second kappa shape index (κ2) is 5.66. The lowest BCUT2D eigenvalue weighted by atomic mass is 9.88. The minimum absolute atomic E-state index is 0.523. The van der Waals surface area contributed by atoms with Gasteiger partial charge in [0, 0.05) is 10.9 Å². The Balaban J connectivity index is 2.87. The van der Waals surface area contributed by atoms with Gasteiger partial charge >= 0.3 is 0 Å². The maximum atomic E-state index is 3.62. The first-order valence-corrected chi connectivity index (χ1v) is 6.73. The maximum absolute atomic E-state index is 3.62. The van der Waals surface area contributed by atoms with Gasteiger partial charge < -0.3 is 5.32 Å². The number of hydrogen-bond donors (Lipinski definition) is 1. The molecule has 0 aliphatic heterocycles. The third-order valence-corrected chi connectivity index (χ3v) is 4.29. The normalized spacial score (nSPS) is 15.6. The van der Waals surface area contributed by atoms with Crippen molar-refractivity contribution in [1.82, 2.24) is 5.32 Å². The van der Waals surface area contributed by atoms with E-state index in [9.17, 15) is 0 Å². The van der Waals surface area contributed by atoms with E-state index in [1.54, 1.807) is 0 Å². The van der Waals surface area contributed by atoms with E-state index in [2.05, 4.69) is 51.4 Å². The molecule has 2 heteroatoms. The summed E-state index contributed by atoms with van der Waals surface area (Å²) in [5.74, 6) is 1.40. The van der Waals surface area contributed by atoms with E-state index in [4.69, 9.17) is 0 Å². The van der Waals surface area contributed by atoms with Gasteiger partial charge in [0.1, 0.15) is 0 Å². The summed E-state index contributed by atoms with van der Waals surface area (Å²) in [6, 6.07) is 2.74. The van der Waals surface area contributed by atoms with Crippen LogP contribution in [0, 0.1) is 18.8 Å². The molecule has 0 fully saturated rings. The number of hydrogen-bond acceptors (Lipinski definition) is 2. The Morgan fingerprint density at radius 2 is 2.00 bits per heavy atom. The minimum Gasteiger partial charge on any atom is -0.309 e. The van der Waals surface area contributed by atoms with Gasteiger partial charge in [0.15, 0.2) is 0 Å². The van der Waals surface area contributed by atoms with Crippen LogP contribution in [-0.2, 0) is 0 Å². The van der Waals surface area contributed by atoms with Crippen LogP contribution in [0.3, 0.4) is 0 Å². The summed E-state index contributed by atoms with van der Waals surface area (Å²) < 4.78 is 0. The van der Waals surface area contributed by atoms with E-state index in [0.717, 1.165) is 12.5 Å². The van der Waals surface area contributed by atoms with E-state index >= 15 is 0 Å². The molecule has 1 heterocycles. The first-order chi connectivity index (χ1) is 7.07. The Kier molecular flexibility index (Phi) is 4.81. The van der Waals surface area contributed by atoms with E-state index in [0.29, 0.717) is 12.0 Å². The highest BCUT2D eigenvalue weighted by molar-refractivity contribution is 7.10. The van der Waals surface area contributed by atoms with Gasteiger partial charge in [0.05, 0.1) is 0 Å². The Morgan fingerprint density at radius 3 is 2.40 bits per heavy atom. The van der Waals surface area contributed by atoms with Crippen LogP contribution in [0.5, 0.6) is 0 Å². The van der Waals surface area contributed by atoms with Crippen molar-refractivity contribution in [3.63, 3.8) is 0 Å². The van der Waals surface area contributed by atoms with E-state index in [1.165, 1.54) is 10.4 Å². The molecule has 0 saturated heterocycles. The van der Waals surface area contributed by atoms with Crippen LogP contribution in [-0.4, -0.2) is 6.54 Å². The molecule has 1 rings (SSSR count). The van der Waals surface area contributed by atoms with Crippen molar-refractivity contribution in [1.29, 1.82) is 0 Å². The van der Waals surface area contributed by atoms with Gasteiger partial charge in [-0.15, -0.1) is 11.3 Å². The fourth-order valence-corrected chi connectivity index (χ4v) is 2.94. The van der Waals surface area contributed by atoms with Crippen molar-refractivity contribution in [3.05, 3.63) is 21.9 Å². The molecule has 0 aliphatic carbocycles. The third kappa shape index (κ3) is 3.05. The summed E-state index contributed by atoms with van der Waals surface area (Å²) in [4.78, 5) is 1.51. The van der Waals surface area contributed by atoms with E-state index < -0.39 is 0 Å². The Labute approximate surface area is 97.9 Å². The van der Waals surface area contributed by atoms with Gasteiger partial charge in [-0.1, -0.05) is 27.7 Å². The van der Waals surface area contributed by atoms with Crippen molar-refractivity contribution in [2.45, 2.75) is 40.7 Å². The molecule has 0 amide bonds. The van der Waals surface area contributed by atoms with Crippen molar-refractivity contribution in [2.24, 2.45) is 11.8 Å². The monoisotopic (exact) mass is 225 g/mol. The quantitative estimate of drug-likeness (QED) is 0.798. The van der Waals surface area contributed by atoms with Crippen molar-refractivity contribution in [2.75, 3.05) is 6.54 Å². The van der Waals surface area contributed by atoms with Crippen LogP contribution >= 0.6 is 11.3 Å². The zero-order valence-electron chi connectivity index (χ0n) is 10.5. The van der Waals surface area contributed by atoms with Gasteiger partial charge in [-0.05, 0) is 42.3 Å². The Bertz CT molecular complexity index is 290. The van der Waals surface area contributed by atoms with Crippen molar-refractivity contribution < 1.29 is 0 Å². The summed E-state index contributed by atoms with van der Waals surface area (Å²) in [5, 5.41) is 5.81. The molecular formula is C13H23NS. The summed E-state index contributed by atoms with van der Waals surface area (Å²) in [6.07, 6.45) is 0. The minimum atomic E-state index is 0.523. The van der Waals surface area contributed by atoms with Gasteiger partial charge in [-0.2, -0.15) is 0 Å². The highest BCUT2D eigenvalue weighted by atomic mass is 32.1. The van der Waals surface area contributed by atoms with Crippen LogP contribution in [0.25, 0.3) is 0 Å². The molecule has 0 spiro atoms.